The largest absolute Gasteiger partial charge is 0.326 e. The normalized spacial score (nSPS) is 14.7. The van der Waals surface area contributed by atoms with Gasteiger partial charge in [0.1, 0.15) is 0 Å². The smallest absolute Gasteiger partial charge is 0.237 e. The van der Waals surface area contributed by atoms with Crippen LogP contribution in [0.15, 0.2) is 53.4 Å². The predicted octanol–water partition coefficient (Wildman–Crippen LogP) is 5.28. The molecule has 1 atom stereocenters. The summed E-state index contributed by atoms with van der Waals surface area (Å²) in [6.45, 7) is 6.19. The van der Waals surface area contributed by atoms with E-state index in [1.807, 2.05) is 55.5 Å². The van der Waals surface area contributed by atoms with Crippen molar-refractivity contribution in [1.82, 2.24) is 0 Å². The Bertz CT molecular complexity index is 796. The van der Waals surface area contributed by atoms with Crippen LogP contribution in [-0.4, -0.2) is 17.1 Å². The molecule has 1 fully saturated rings. The SMILES string of the molecule is CC(Sc1ccc(NC(=O)C2CC2)cc1)C(=O)Nc1ccc(C(C)C)cc1. The topological polar surface area (TPSA) is 58.2 Å². The summed E-state index contributed by atoms with van der Waals surface area (Å²) in [7, 11) is 0. The summed E-state index contributed by atoms with van der Waals surface area (Å²) in [6, 6.07) is 15.6. The van der Waals surface area contributed by atoms with Crippen molar-refractivity contribution in [3.05, 3.63) is 54.1 Å². The van der Waals surface area contributed by atoms with Crippen molar-refractivity contribution < 1.29 is 9.59 Å². The molecule has 2 aromatic rings. The molecule has 2 N–H and O–H groups in total. The van der Waals surface area contributed by atoms with Crippen LogP contribution in [0.1, 0.15) is 45.1 Å². The van der Waals surface area contributed by atoms with Gasteiger partial charge < -0.3 is 10.6 Å². The lowest BCUT2D eigenvalue weighted by atomic mass is 10.0. The molecule has 0 heterocycles. The summed E-state index contributed by atoms with van der Waals surface area (Å²) in [5, 5.41) is 5.67. The highest BCUT2D eigenvalue weighted by molar-refractivity contribution is 8.00. The van der Waals surface area contributed by atoms with Gasteiger partial charge in [-0.15, -0.1) is 11.8 Å². The third kappa shape index (κ3) is 5.60. The lowest BCUT2D eigenvalue weighted by Crippen LogP contribution is -2.22. The first-order chi connectivity index (χ1) is 12.9. The van der Waals surface area contributed by atoms with Gasteiger partial charge >= 0.3 is 0 Å². The molecule has 1 unspecified atom stereocenters. The van der Waals surface area contributed by atoms with Crippen molar-refractivity contribution >= 4 is 35.0 Å². The van der Waals surface area contributed by atoms with Gasteiger partial charge in [0, 0.05) is 22.2 Å². The van der Waals surface area contributed by atoms with Gasteiger partial charge in [-0.3, -0.25) is 9.59 Å². The second-order valence-corrected chi connectivity index (χ2v) is 8.73. The number of rotatable bonds is 7. The van der Waals surface area contributed by atoms with E-state index in [4.69, 9.17) is 0 Å². The van der Waals surface area contributed by atoms with Gasteiger partial charge in [0.25, 0.3) is 0 Å². The molecule has 142 valence electrons. The van der Waals surface area contributed by atoms with E-state index in [-0.39, 0.29) is 23.0 Å². The number of nitrogens with one attached hydrogen (secondary N) is 2. The zero-order chi connectivity index (χ0) is 19.4. The van der Waals surface area contributed by atoms with Gasteiger partial charge in [0.05, 0.1) is 5.25 Å². The van der Waals surface area contributed by atoms with Crippen LogP contribution in [0.3, 0.4) is 0 Å². The molecule has 0 saturated heterocycles. The third-order valence-corrected chi connectivity index (χ3v) is 5.71. The fourth-order valence-corrected chi connectivity index (χ4v) is 3.53. The average Bonchev–Trinajstić information content (AvgIpc) is 3.49. The summed E-state index contributed by atoms with van der Waals surface area (Å²) >= 11 is 1.50. The molecule has 1 aliphatic rings. The molecule has 0 aliphatic heterocycles. The van der Waals surface area contributed by atoms with Crippen LogP contribution in [0.2, 0.25) is 0 Å². The number of carbonyl (C=O) groups excluding carboxylic acids is 2. The lowest BCUT2D eigenvalue weighted by molar-refractivity contribution is -0.117. The van der Waals surface area contributed by atoms with E-state index in [0.29, 0.717) is 5.92 Å². The minimum Gasteiger partial charge on any atom is -0.326 e. The quantitative estimate of drug-likeness (QED) is 0.641. The van der Waals surface area contributed by atoms with Crippen molar-refractivity contribution in [2.45, 2.75) is 49.7 Å². The Morgan fingerprint density at radius 1 is 0.889 bits per heavy atom. The summed E-state index contributed by atoms with van der Waals surface area (Å²) < 4.78 is 0. The predicted molar refractivity (Wildman–Crippen MR) is 112 cm³/mol. The highest BCUT2D eigenvalue weighted by atomic mass is 32.2. The Morgan fingerprint density at radius 2 is 1.44 bits per heavy atom. The summed E-state index contributed by atoms with van der Waals surface area (Å²) in [5.41, 5.74) is 2.87. The van der Waals surface area contributed by atoms with E-state index in [9.17, 15) is 9.59 Å². The van der Waals surface area contributed by atoms with Crippen LogP contribution in [0.5, 0.6) is 0 Å². The van der Waals surface area contributed by atoms with Gasteiger partial charge in [0.15, 0.2) is 0 Å². The highest BCUT2D eigenvalue weighted by Crippen LogP contribution is 2.31. The molecule has 4 nitrogen and oxygen atoms in total. The van der Waals surface area contributed by atoms with Crippen LogP contribution in [0, 0.1) is 5.92 Å². The van der Waals surface area contributed by atoms with E-state index >= 15 is 0 Å². The monoisotopic (exact) mass is 382 g/mol. The number of carbonyl (C=O) groups is 2. The number of thioether (sulfide) groups is 1. The first-order valence-electron chi connectivity index (χ1n) is 9.41. The summed E-state index contributed by atoms with van der Waals surface area (Å²) in [4.78, 5) is 25.2. The first kappa shape index (κ1) is 19.5. The molecule has 2 aromatic carbocycles. The van der Waals surface area contributed by atoms with Crippen LogP contribution in [-0.2, 0) is 9.59 Å². The Kier molecular flexibility index (Phi) is 6.22. The molecular weight excluding hydrogens is 356 g/mol. The van der Waals surface area contributed by atoms with Crippen LogP contribution < -0.4 is 10.6 Å². The number of hydrogen-bond acceptors (Lipinski definition) is 3. The van der Waals surface area contributed by atoms with Crippen LogP contribution in [0.25, 0.3) is 0 Å². The van der Waals surface area contributed by atoms with Gasteiger partial charge in [-0.1, -0.05) is 26.0 Å². The van der Waals surface area contributed by atoms with Crippen molar-refractivity contribution in [3.8, 4) is 0 Å². The molecule has 0 bridgehead atoms. The third-order valence-electron chi connectivity index (χ3n) is 4.60. The maximum atomic E-state index is 12.4. The molecule has 0 spiro atoms. The number of anilines is 2. The van der Waals surface area contributed by atoms with Gasteiger partial charge in [-0.2, -0.15) is 0 Å². The van der Waals surface area contributed by atoms with E-state index in [1.165, 1.54) is 17.3 Å². The zero-order valence-electron chi connectivity index (χ0n) is 16.0. The molecule has 0 aromatic heterocycles. The minimum absolute atomic E-state index is 0.0246. The maximum Gasteiger partial charge on any atom is 0.237 e. The zero-order valence-corrected chi connectivity index (χ0v) is 16.8. The van der Waals surface area contributed by atoms with E-state index in [1.54, 1.807) is 0 Å². The van der Waals surface area contributed by atoms with E-state index in [0.717, 1.165) is 29.1 Å². The minimum atomic E-state index is -0.221. The Balaban J connectivity index is 1.51. The Labute approximate surface area is 165 Å². The second kappa shape index (κ2) is 8.61. The first-order valence-corrected chi connectivity index (χ1v) is 10.3. The molecular formula is C22H26N2O2S. The summed E-state index contributed by atoms with van der Waals surface area (Å²) in [6.07, 6.45) is 1.99. The number of benzene rings is 2. The van der Waals surface area contributed by atoms with Gasteiger partial charge in [-0.25, -0.2) is 0 Å². The lowest BCUT2D eigenvalue weighted by Gasteiger charge is -2.13. The Hall–Kier alpha value is -2.27. The summed E-state index contributed by atoms with van der Waals surface area (Å²) in [5.74, 6) is 0.744. The van der Waals surface area contributed by atoms with Crippen molar-refractivity contribution in [1.29, 1.82) is 0 Å². The van der Waals surface area contributed by atoms with Gasteiger partial charge in [0.2, 0.25) is 11.8 Å². The highest BCUT2D eigenvalue weighted by Gasteiger charge is 2.29. The number of amides is 2. The molecule has 1 aliphatic carbocycles. The van der Waals surface area contributed by atoms with Crippen LogP contribution >= 0.6 is 11.8 Å². The fraction of sp³-hybridized carbons (Fsp3) is 0.364. The Morgan fingerprint density at radius 3 is 2.00 bits per heavy atom. The molecule has 5 heteroatoms. The van der Waals surface area contributed by atoms with Gasteiger partial charge in [-0.05, 0) is 67.6 Å². The second-order valence-electron chi connectivity index (χ2n) is 7.31. The molecule has 27 heavy (non-hydrogen) atoms. The van der Waals surface area contributed by atoms with Crippen molar-refractivity contribution in [2.75, 3.05) is 10.6 Å². The fourth-order valence-electron chi connectivity index (χ4n) is 2.66. The molecule has 0 radical (unpaired) electrons. The van der Waals surface area contributed by atoms with Crippen LogP contribution in [0.4, 0.5) is 11.4 Å². The van der Waals surface area contributed by atoms with Crippen molar-refractivity contribution in [2.24, 2.45) is 5.92 Å². The number of hydrogen-bond donors (Lipinski definition) is 2. The molecule has 1 saturated carbocycles. The standard InChI is InChI=1S/C22H26N2O2S/c1-14(2)16-6-8-18(9-7-16)23-21(25)15(3)27-20-12-10-19(11-13-20)24-22(26)17-4-5-17/h6-15,17H,4-5H2,1-3H3,(H,23,25)(H,24,26). The van der Waals surface area contributed by atoms with E-state index < -0.39 is 0 Å². The maximum absolute atomic E-state index is 12.4. The molecule has 3 rings (SSSR count). The molecule has 2 amide bonds. The van der Waals surface area contributed by atoms with E-state index in [2.05, 4.69) is 24.5 Å². The van der Waals surface area contributed by atoms with Crippen molar-refractivity contribution in [3.63, 3.8) is 0 Å². The average molecular weight is 383 g/mol.